The number of para-hydroxylation sites is 1. The molecule has 0 radical (unpaired) electrons. The second kappa shape index (κ2) is 2.48. The van der Waals surface area contributed by atoms with E-state index in [9.17, 15) is 0 Å². The highest BCUT2D eigenvalue weighted by Crippen LogP contribution is 2.12. The fourth-order valence-corrected chi connectivity index (χ4v) is 1.39. The number of aryl methyl sites for hydroxylation is 1. The fraction of sp³-hybridized carbons (Fsp3) is 0.100. The van der Waals surface area contributed by atoms with Crippen molar-refractivity contribution in [2.45, 2.75) is 6.92 Å². The topological polar surface area (TPSA) is 29.9 Å². The molecule has 0 spiro atoms. The largest absolute Gasteiger partial charge is 0.242 e. The second-order valence-corrected chi connectivity index (χ2v) is 2.92. The number of nitrogen functional groups attached to an aromatic ring is 1. The highest BCUT2D eigenvalue weighted by molar-refractivity contribution is 5.78. The lowest BCUT2D eigenvalue weighted by Gasteiger charge is -1.97. The van der Waals surface area contributed by atoms with Crippen LogP contribution in [0.1, 0.15) is 5.56 Å². The molecule has 1 heterocycles. The molecule has 0 amide bonds. The molecule has 0 aliphatic rings. The van der Waals surface area contributed by atoms with E-state index >= 15 is 0 Å². The van der Waals surface area contributed by atoms with Crippen molar-refractivity contribution in [3.63, 3.8) is 0 Å². The molecule has 2 N–H and O–H groups in total. The van der Waals surface area contributed by atoms with Crippen LogP contribution < -0.4 is 10.5 Å². The molecular weight excluding hydrogens is 148 g/mol. The van der Waals surface area contributed by atoms with E-state index < -0.39 is 0 Å². The number of nitrogens with two attached hydrogens (primary N) is 1. The maximum absolute atomic E-state index is 5.74. The molecule has 0 fully saturated rings. The highest BCUT2D eigenvalue weighted by atomic mass is 15.3. The van der Waals surface area contributed by atoms with E-state index in [2.05, 4.69) is 13.0 Å². The van der Waals surface area contributed by atoms with E-state index in [0.29, 0.717) is 0 Å². The van der Waals surface area contributed by atoms with Gasteiger partial charge in [0.1, 0.15) is 0 Å². The lowest BCUT2D eigenvalue weighted by molar-refractivity contribution is -0.611. The van der Waals surface area contributed by atoms with Gasteiger partial charge in [0, 0.05) is 12.1 Å². The van der Waals surface area contributed by atoms with Crippen LogP contribution in [0.3, 0.4) is 0 Å². The van der Waals surface area contributed by atoms with Crippen LogP contribution in [0.25, 0.3) is 10.9 Å². The SMILES string of the molecule is Cc1cc[n+](N)c2ccccc12. The maximum Gasteiger partial charge on any atom is 0.242 e. The number of rotatable bonds is 0. The summed E-state index contributed by atoms with van der Waals surface area (Å²) < 4.78 is 1.64. The minimum Gasteiger partial charge on any atom is -0.205 e. The Labute approximate surface area is 71.2 Å². The van der Waals surface area contributed by atoms with Crippen molar-refractivity contribution < 1.29 is 4.68 Å². The van der Waals surface area contributed by atoms with Gasteiger partial charge >= 0.3 is 0 Å². The quantitative estimate of drug-likeness (QED) is 0.453. The van der Waals surface area contributed by atoms with Gasteiger partial charge in [0.15, 0.2) is 6.20 Å². The van der Waals surface area contributed by atoms with Crippen molar-refractivity contribution in [3.05, 3.63) is 42.1 Å². The van der Waals surface area contributed by atoms with Crippen LogP contribution in [0, 0.1) is 6.92 Å². The van der Waals surface area contributed by atoms with Gasteiger partial charge in [-0.3, -0.25) is 0 Å². The first-order valence-electron chi connectivity index (χ1n) is 3.94. The zero-order valence-electron chi connectivity index (χ0n) is 6.99. The molecular formula is C10H11N2+. The lowest BCUT2D eigenvalue weighted by Crippen LogP contribution is -2.44. The Kier molecular flexibility index (Phi) is 1.47. The Morgan fingerprint density at radius 3 is 2.67 bits per heavy atom. The molecule has 2 aromatic rings. The molecule has 12 heavy (non-hydrogen) atoms. The maximum atomic E-state index is 5.74. The van der Waals surface area contributed by atoms with Crippen LogP contribution in [0.5, 0.6) is 0 Å². The average molecular weight is 159 g/mol. The molecule has 0 unspecified atom stereocenters. The molecule has 1 aromatic carbocycles. The van der Waals surface area contributed by atoms with Gasteiger partial charge in [-0.2, -0.15) is 0 Å². The molecule has 0 aliphatic carbocycles. The Bertz CT molecular complexity index is 381. The number of fused-ring (bicyclic) bond motifs is 1. The number of aromatic nitrogens is 1. The summed E-state index contributed by atoms with van der Waals surface area (Å²) in [5.74, 6) is 5.74. The molecule has 0 bridgehead atoms. The number of hydrogen-bond donors (Lipinski definition) is 1. The van der Waals surface area contributed by atoms with E-state index in [1.807, 2.05) is 30.5 Å². The number of hydrogen-bond acceptors (Lipinski definition) is 1. The molecule has 0 saturated heterocycles. The van der Waals surface area contributed by atoms with Gasteiger partial charge in [-0.1, -0.05) is 16.8 Å². The molecule has 0 saturated carbocycles. The summed E-state index contributed by atoms with van der Waals surface area (Å²) in [6, 6.07) is 10.1. The summed E-state index contributed by atoms with van der Waals surface area (Å²) in [6.45, 7) is 2.09. The van der Waals surface area contributed by atoms with Gasteiger partial charge in [-0.15, -0.1) is 0 Å². The number of nitrogens with zero attached hydrogens (tertiary/aromatic N) is 1. The Balaban J connectivity index is 2.95. The second-order valence-electron chi connectivity index (χ2n) is 2.92. The molecule has 2 heteroatoms. The third-order valence-corrected chi connectivity index (χ3v) is 2.09. The van der Waals surface area contributed by atoms with Gasteiger partial charge in [0.05, 0.1) is 5.39 Å². The van der Waals surface area contributed by atoms with Crippen molar-refractivity contribution in [1.29, 1.82) is 0 Å². The predicted molar refractivity (Wildman–Crippen MR) is 49.0 cm³/mol. The summed E-state index contributed by atoms with van der Waals surface area (Å²) >= 11 is 0. The summed E-state index contributed by atoms with van der Waals surface area (Å²) in [5.41, 5.74) is 2.32. The number of benzene rings is 1. The third kappa shape index (κ3) is 0.925. The van der Waals surface area contributed by atoms with E-state index in [-0.39, 0.29) is 0 Å². The minimum atomic E-state index is 1.07. The molecule has 2 nitrogen and oxygen atoms in total. The first kappa shape index (κ1) is 7.10. The van der Waals surface area contributed by atoms with Crippen molar-refractivity contribution >= 4 is 10.9 Å². The van der Waals surface area contributed by atoms with Crippen molar-refractivity contribution in [3.8, 4) is 0 Å². The highest BCUT2D eigenvalue weighted by Gasteiger charge is 2.05. The smallest absolute Gasteiger partial charge is 0.205 e. The van der Waals surface area contributed by atoms with Crippen molar-refractivity contribution in [1.82, 2.24) is 0 Å². The van der Waals surface area contributed by atoms with Crippen LogP contribution >= 0.6 is 0 Å². The monoisotopic (exact) mass is 159 g/mol. The Morgan fingerprint density at radius 1 is 1.17 bits per heavy atom. The molecule has 60 valence electrons. The predicted octanol–water partition coefficient (Wildman–Crippen LogP) is 1.15. The van der Waals surface area contributed by atoms with Gasteiger partial charge in [0.2, 0.25) is 5.52 Å². The lowest BCUT2D eigenvalue weighted by atomic mass is 10.1. The average Bonchev–Trinajstić information content (AvgIpc) is 2.12. The van der Waals surface area contributed by atoms with E-state index in [1.54, 1.807) is 4.68 Å². The van der Waals surface area contributed by atoms with E-state index in [4.69, 9.17) is 5.84 Å². The third-order valence-electron chi connectivity index (χ3n) is 2.09. The summed E-state index contributed by atoms with van der Waals surface area (Å²) in [7, 11) is 0. The van der Waals surface area contributed by atoms with E-state index in [1.165, 1.54) is 10.9 Å². The molecule has 0 atom stereocenters. The zero-order valence-corrected chi connectivity index (χ0v) is 6.99. The van der Waals surface area contributed by atoms with E-state index in [0.717, 1.165) is 5.52 Å². The van der Waals surface area contributed by atoms with Crippen LogP contribution in [0.2, 0.25) is 0 Å². The standard InChI is InChI=1S/C10H11N2/c1-8-6-7-12(11)10-5-3-2-4-9(8)10/h2-7H,11H2,1H3/q+1. The Hall–Kier alpha value is -1.57. The summed E-state index contributed by atoms with van der Waals surface area (Å²) in [5, 5.41) is 1.21. The molecule has 1 aromatic heterocycles. The van der Waals surface area contributed by atoms with Gasteiger partial charge in [-0.05, 0) is 18.6 Å². The van der Waals surface area contributed by atoms with Crippen LogP contribution in [-0.4, -0.2) is 0 Å². The first-order valence-corrected chi connectivity index (χ1v) is 3.94. The van der Waals surface area contributed by atoms with Crippen molar-refractivity contribution in [2.24, 2.45) is 0 Å². The number of pyridine rings is 1. The van der Waals surface area contributed by atoms with Gasteiger partial charge in [-0.25, -0.2) is 5.84 Å². The molecule has 0 aliphatic heterocycles. The fourth-order valence-electron chi connectivity index (χ4n) is 1.39. The van der Waals surface area contributed by atoms with Crippen LogP contribution in [-0.2, 0) is 0 Å². The first-order chi connectivity index (χ1) is 5.79. The van der Waals surface area contributed by atoms with Crippen molar-refractivity contribution in [2.75, 3.05) is 5.84 Å². The zero-order chi connectivity index (χ0) is 8.55. The minimum absolute atomic E-state index is 1.07. The van der Waals surface area contributed by atoms with Gasteiger partial charge < -0.3 is 0 Å². The Morgan fingerprint density at radius 2 is 1.92 bits per heavy atom. The van der Waals surface area contributed by atoms with Crippen LogP contribution in [0.4, 0.5) is 0 Å². The molecule has 2 rings (SSSR count). The normalized spacial score (nSPS) is 10.4. The summed E-state index contributed by atoms with van der Waals surface area (Å²) in [4.78, 5) is 0. The van der Waals surface area contributed by atoms with Gasteiger partial charge in [0.25, 0.3) is 0 Å². The van der Waals surface area contributed by atoms with Crippen LogP contribution in [0.15, 0.2) is 36.5 Å². The summed E-state index contributed by atoms with van der Waals surface area (Å²) in [6.07, 6.45) is 1.87.